The van der Waals surface area contributed by atoms with Crippen LogP contribution in [-0.4, -0.2) is 29.5 Å². The SMILES string of the molecule is N#Cc1ccc(NCC(O)CO)c(N)c1. The summed E-state index contributed by atoms with van der Waals surface area (Å²) >= 11 is 0. The predicted octanol–water partition coefficient (Wildman–Crippen LogP) is -0.0944. The highest BCUT2D eigenvalue weighted by Gasteiger charge is 2.04. The van der Waals surface area contributed by atoms with Gasteiger partial charge in [0.05, 0.1) is 35.7 Å². The zero-order valence-corrected chi connectivity index (χ0v) is 8.14. The number of nitrogens with one attached hydrogen (secondary N) is 1. The Hall–Kier alpha value is -1.77. The van der Waals surface area contributed by atoms with Crippen LogP contribution in [0.1, 0.15) is 5.56 Å². The first kappa shape index (κ1) is 11.3. The van der Waals surface area contributed by atoms with Gasteiger partial charge in [-0.05, 0) is 18.2 Å². The van der Waals surface area contributed by atoms with Crippen molar-refractivity contribution in [3.05, 3.63) is 23.8 Å². The van der Waals surface area contributed by atoms with E-state index >= 15 is 0 Å². The van der Waals surface area contributed by atoms with E-state index in [4.69, 9.17) is 21.2 Å². The first-order valence-electron chi connectivity index (χ1n) is 4.49. The van der Waals surface area contributed by atoms with Crippen molar-refractivity contribution in [2.24, 2.45) is 0 Å². The molecule has 5 nitrogen and oxygen atoms in total. The molecule has 0 spiro atoms. The lowest BCUT2D eigenvalue weighted by atomic mass is 10.2. The van der Waals surface area contributed by atoms with E-state index in [-0.39, 0.29) is 13.2 Å². The van der Waals surface area contributed by atoms with Crippen molar-refractivity contribution in [2.75, 3.05) is 24.2 Å². The van der Waals surface area contributed by atoms with Gasteiger partial charge in [-0.2, -0.15) is 5.26 Å². The number of nitriles is 1. The molecule has 1 aromatic rings. The molecule has 0 amide bonds. The highest BCUT2D eigenvalue weighted by atomic mass is 16.3. The summed E-state index contributed by atoms with van der Waals surface area (Å²) in [6, 6.07) is 6.82. The highest BCUT2D eigenvalue weighted by Crippen LogP contribution is 2.19. The second-order valence-electron chi connectivity index (χ2n) is 3.13. The Morgan fingerprint density at radius 2 is 2.27 bits per heavy atom. The van der Waals surface area contributed by atoms with Gasteiger partial charge in [-0.1, -0.05) is 0 Å². The Labute approximate surface area is 87.8 Å². The van der Waals surface area contributed by atoms with Crippen LogP contribution >= 0.6 is 0 Å². The average Bonchev–Trinajstić information content (AvgIpc) is 2.26. The highest BCUT2D eigenvalue weighted by molar-refractivity contribution is 5.68. The van der Waals surface area contributed by atoms with Crippen LogP contribution in [0.3, 0.4) is 0 Å². The number of benzene rings is 1. The average molecular weight is 207 g/mol. The van der Waals surface area contributed by atoms with E-state index in [9.17, 15) is 0 Å². The molecule has 1 atom stereocenters. The summed E-state index contributed by atoms with van der Waals surface area (Å²) in [5, 5.41) is 29.2. The van der Waals surface area contributed by atoms with Crippen LogP contribution < -0.4 is 11.1 Å². The van der Waals surface area contributed by atoms with Gasteiger partial charge in [-0.25, -0.2) is 0 Å². The summed E-state index contributed by atoms with van der Waals surface area (Å²) in [6.07, 6.45) is -0.819. The molecule has 0 aliphatic carbocycles. The molecule has 80 valence electrons. The summed E-state index contributed by atoms with van der Waals surface area (Å²) in [6.45, 7) is -0.0875. The largest absolute Gasteiger partial charge is 0.397 e. The van der Waals surface area contributed by atoms with Crippen molar-refractivity contribution in [1.82, 2.24) is 0 Å². The molecule has 0 aromatic heterocycles. The maximum absolute atomic E-state index is 9.11. The fourth-order valence-electron chi connectivity index (χ4n) is 1.09. The van der Waals surface area contributed by atoms with Crippen LogP contribution in [0, 0.1) is 11.3 Å². The Balaban J connectivity index is 2.67. The molecule has 5 heteroatoms. The first-order valence-corrected chi connectivity index (χ1v) is 4.49. The molecule has 0 fully saturated rings. The molecule has 0 aliphatic rings. The number of aliphatic hydroxyl groups is 2. The van der Waals surface area contributed by atoms with Gasteiger partial charge in [0.2, 0.25) is 0 Å². The molecule has 0 heterocycles. The molecule has 0 bridgehead atoms. The minimum absolute atomic E-state index is 0.215. The van der Waals surface area contributed by atoms with Crippen molar-refractivity contribution in [2.45, 2.75) is 6.10 Å². The minimum Gasteiger partial charge on any atom is -0.397 e. The summed E-state index contributed by atoms with van der Waals surface area (Å²) in [7, 11) is 0. The Morgan fingerprint density at radius 3 is 2.80 bits per heavy atom. The van der Waals surface area contributed by atoms with Crippen LogP contribution in [-0.2, 0) is 0 Å². The van der Waals surface area contributed by atoms with Gasteiger partial charge >= 0.3 is 0 Å². The Morgan fingerprint density at radius 1 is 1.53 bits per heavy atom. The number of nitrogen functional groups attached to an aromatic ring is 1. The van der Waals surface area contributed by atoms with Gasteiger partial charge in [-0.3, -0.25) is 0 Å². The lowest BCUT2D eigenvalue weighted by Gasteiger charge is -2.12. The van der Waals surface area contributed by atoms with Crippen molar-refractivity contribution >= 4 is 11.4 Å². The molecule has 0 aliphatic heterocycles. The quantitative estimate of drug-likeness (QED) is 0.516. The number of aliphatic hydroxyl groups excluding tert-OH is 2. The van der Waals surface area contributed by atoms with E-state index in [2.05, 4.69) is 5.32 Å². The van der Waals surface area contributed by atoms with Gasteiger partial charge in [0, 0.05) is 6.54 Å². The number of nitrogens with zero attached hydrogens (tertiary/aromatic N) is 1. The van der Waals surface area contributed by atoms with Gasteiger partial charge in [0.1, 0.15) is 0 Å². The molecule has 1 rings (SSSR count). The third-order valence-corrected chi connectivity index (χ3v) is 1.92. The predicted molar refractivity (Wildman–Crippen MR) is 57.2 cm³/mol. The number of hydrogen-bond acceptors (Lipinski definition) is 5. The maximum Gasteiger partial charge on any atom is 0.0992 e. The van der Waals surface area contributed by atoms with E-state index in [1.165, 1.54) is 0 Å². The molecular weight excluding hydrogens is 194 g/mol. The smallest absolute Gasteiger partial charge is 0.0992 e. The second-order valence-corrected chi connectivity index (χ2v) is 3.13. The number of hydrogen-bond donors (Lipinski definition) is 4. The topological polar surface area (TPSA) is 102 Å². The van der Waals surface area contributed by atoms with Crippen LogP contribution in [0.2, 0.25) is 0 Å². The van der Waals surface area contributed by atoms with E-state index in [1.807, 2.05) is 6.07 Å². The lowest BCUT2D eigenvalue weighted by molar-refractivity contribution is 0.105. The van der Waals surface area contributed by atoms with Gasteiger partial charge in [0.15, 0.2) is 0 Å². The van der Waals surface area contributed by atoms with Crippen LogP contribution in [0.4, 0.5) is 11.4 Å². The second kappa shape index (κ2) is 5.20. The first-order chi connectivity index (χ1) is 7.17. The third kappa shape index (κ3) is 3.13. The maximum atomic E-state index is 9.11. The minimum atomic E-state index is -0.819. The Kier molecular flexibility index (Phi) is 3.92. The molecular formula is C10H13N3O2. The summed E-state index contributed by atoms with van der Waals surface area (Å²) in [5.41, 5.74) is 7.24. The van der Waals surface area contributed by atoms with Crippen molar-refractivity contribution < 1.29 is 10.2 Å². The zero-order chi connectivity index (χ0) is 11.3. The third-order valence-electron chi connectivity index (χ3n) is 1.92. The number of nitrogens with two attached hydrogens (primary N) is 1. The molecule has 0 saturated heterocycles. The van der Waals surface area contributed by atoms with Gasteiger partial charge in [0.25, 0.3) is 0 Å². The number of rotatable bonds is 4. The van der Waals surface area contributed by atoms with Gasteiger partial charge < -0.3 is 21.3 Å². The molecule has 1 unspecified atom stereocenters. The summed E-state index contributed by atoms with van der Waals surface area (Å²) in [5.74, 6) is 0. The van der Waals surface area contributed by atoms with E-state index < -0.39 is 6.10 Å². The molecule has 5 N–H and O–H groups in total. The van der Waals surface area contributed by atoms with Crippen molar-refractivity contribution in [3.8, 4) is 6.07 Å². The molecule has 1 aromatic carbocycles. The van der Waals surface area contributed by atoms with Crippen LogP contribution in [0.5, 0.6) is 0 Å². The zero-order valence-electron chi connectivity index (χ0n) is 8.14. The summed E-state index contributed by atoms with van der Waals surface area (Å²) < 4.78 is 0. The van der Waals surface area contributed by atoms with Crippen molar-refractivity contribution in [3.63, 3.8) is 0 Å². The number of anilines is 2. The standard InChI is InChI=1S/C10H13N3O2/c11-4-7-1-2-10(9(12)3-7)13-5-8(15)6-14/h1-3,8,13-15H,5-6,12H2. The molecule has 0 radical (unpaired) electrons. The van der Waals surface area contributed by atoms with E-state index in [1.54, 1.807) is 18.2 Å². The molecule has 15 heavy (non-hydrogen) atoms. The monoisotopic (exact) mass is 207 g/mol. The normalized spacial score (nSPS) is 11.8. The van der Waals surface area contributed by atoms with E-state index in [0.717, 1.165) is 0 Å². The molecule has 0 saturated carbocycles. The van der Waals surface area contributed by atoms with Crippen LogP contribution in [0.15, 0.2) is 18.2 Å². The van der Waals surface area contributed by atoms with E-state index in [0.29, 0.717) is 16.9 Å². The summed E-state index contributed by atoms with van der Waals surface area (Å²) in [4.78, 5) is 0. The Bertz CT molecular complexity index is 373. The fraction of sp³-hybridized carbons (Fsp3) is 0.300. The van der Waals surface area contributed by atoms with Crippen LogP contribution in [0.25, 0.3) is 0 Å². The van der Waals surface area contributed by atoms with Gasteiger partial charge in [-0.15, -0.1) is 0 Å². The van der Waals surface area contributed by atoms with Crippen molar-refractivity contribution in [1.29, 1.82) is 5.26 Å². The lowest BCUT2D eigenvalue weighted by Crippen LogP contribution is -2.23. The fourth-order valence-corrected chi connectivity index (χ4v) is 1.09.